The van der Waals surface area contributed by atoms with E-state index in [0.29, 0.717) is 12.1 Å². The number of H-pyrrole nitrogens is 1. The van der Waals surface area contributed by atoms with Crippen molar-refractivity contribution >= 4 is 5.91 Å². The average molecular weight is 281 g/mol. The third kappa shape index (κ3) is 2.84. The molecular weight excluding hydrogens is 266 g/mol. The molecule has 0 fully saturated rings. The van der Waals surface area contributed by atoms with Crippen LogP contribution in [0.15, 0.2) is 55.1 Å². The third-order valence-electron chi connectivity index (χ3n) is 3.17. The van der Waals surface area contributed by atoms with Crippen molar-refractivity contribution in [2.24, 2.45) is 0 Å². The molecule has 1 amide bonds. The van der Waals surface area contributed by atoms with E-state index in [-0.39, 0.29) is 5.91 Å². The Bertz CT molecular complexity index is 718. The van der Waals surface area contributed by atoms with Gasteiger partial charge < -0.3 is 4.90 Å². The quantitative estimate of drug-likeness (QED) is 0.794. The number of aromatic amines is 1. The summed E-state index contributed by atoms with van der Waals surface area (Å²) < 4.78 is 1.69. The molecule has 21 heavy (non-hydrogen) atoms. The van der Waals surface area contributed by atoms with Crippen molar-refractivity contribution in [3.8, 4) is 5.69 Å². The van der Waals surface area contributed by atoms with E-state index in [1.165, 1.54) is 0 Å². The van der Waals surface area contributed by atoms with Crippen LogP contribution >= 0.6 is 0 Å². The molecule has 3 aromatic rings. The molecule has 2 heterocycles. The van der Waals surface area contributed by atoms with Gasteiger partial charge in [-0.3, -0.25) is 9.89 Å². The number of benzene rings is 1. The monoisotopic (exact) mass is 281 g/mol. The van der Waals surface area contributed by atoms with Crippen molar-refractivity contribution in [2.75, 3.05) is 7.05 Å². The maximum Gasteiger partial charge on any atom is 0.257 e. The largest absolute Gasteiger partial charge is 0.337 e. The van der Waals surface area contributed by atoms with Crippen LogP contribution in [-0.2, 0) is 6.54 Å². The lowest BCUT2D eigenvalue weighted by Gasteiger charge is -2.14. The number of rotatable bonds is 4. The van der Waals surface area contributed by atoms with Crippen LogP contribution in [0, 0.1) is 0 Å². The number of amides is 1. The second-order valence-corrected chi connectivity index (χ2v) is 4.78. The van der Waals surface area contributed by atoms with Gasteiger partial charge in [0.05, 0.1) is 23.6 Å². The Morgan fingerprint density at radius 2 is 2.10 bits per heavy atom. The van der Waals surface area contributed by atoms with Crippen LogP contribution < -0.4 is 0 Å². The molecule has 0 atom stereocenters. The van der Waals surface area contributed by atoms with E-state index in [1.54, 1.807) is 41.4 Å². The molecule has 0 aliphatic heterocycles. The van der Waals surface area contributed by atoms with Gasteiger partial charge in [-0.2, -0.15) is 10.2 Å². The van der Waals surface area contributed by atoms with Gasteiger partial charge in [0.25, 0.3) is 5.91 Å². The topological polar surface area (TPSA) is 66.8 Å². The number of carbonyl (C=O) groups excluding carboxylic acids is 1. The minimum Gasteiger partial charge on any atom is -0.337 e. The number of hydrogen-bond acceptors (Lipinski definition) is 3. The molecule has 1 N–H and O–H groups in total. The molecule has 0 bridgehead atoms. The Balaban J connectivity index is 1.75. The average Bonchev–Trinajstić information content (AvgIpc) is 3.18. The van der Waals surface area contributed by atoms with E-state index in [0.717, 1.165) is 11.3 Å². The lowest BCUT2D eigenvalue weighted by molar-refractivity contribution is 0.0785. The fourth-order valence-corrected chi connectivity index (χ4v) is 2.09. The summed E-state index contributed by atoms with van der Waals surface area (Å²) in [6.07, 6.45) is 6.80. The molecule has 106 valence electrons. The summed E-state index contributed by atoms with van der Waals surface area (Å²) in [6, 6.07) is 9.69. The van der Waals surface area contributed by atoms with Crippen LogP contribution in [0.2, 0.25) is 0 Å². The number of carbonyl (C=O) groups is 1. The third-order valence-corrected chi connectivity index (χ3v) is 3.17. The number of nitrogens with one attached hydrogen (secondary N) is 1. The molecule has 0 unspecified atom stereocenters. The van der Waals surface area contributed by atoms with E-state index in [4.69, 9.17) is 0 Å². The molecule has 0 saturated heterocycles. The smallest absolute Gasteiger partial charge is 0.257 e. The van der Waals surface area contributed by atoms with Crippen LogP contribution in [0.3, 0.4) is 0 Å². The molecule has 0 saturated carbocycles. The van der Waals surface area contributed by atoms with Crippen molar-refractivity contribution in [1.82, 2.24) is 24.9 Å². The van der Waals surface area contributed by atoms with Gasteiger partial charge >= 0.3 is 0 Å². The zero-order valence-electron chi connectivity index (χ0n) is 11.6. The Labute approximate surface area is 122 Å². The molecule has 0 radical (unpaired) electrons. The molecular formula is C15H15N5O. The second kappa shape index (κ2) is 5.62. The van der Waals surface area contributed by atoms with Crippen LogP contribution in [0.5, 0.6) is 0 Å². The number of aromatic nitrogens is 4. The van der Waals surface area contributed by atoms with E-state index in [2.05, 4.69) is 15.3 Å². The molecule has 0 aliphatic carbocycles. The summed E-state index contributed by atoms with van der Waals surface area (Å²) in [5.74, 6) is -0.0709. The highest BCUT2D eigenvalue weighted by atomic mass is 16.2. The number of nitrogens with zero attached hydrogens (tertiary/aromatic N) is 4. The van der Waals surface area contributed by atoms with Crippen molar-refractivity contribution in [3.63, 3.8) is 0 Å². The summed E-state index contributed by atoms with van der Waals surface area (Å²) >= 11 is 0. The lowest BCUT2D eigenvalue weighted by atomic mass is 10.2. The predicted octanol–water partition coefficient (Wildman–Crippen LogP) is 1.87. The van der Waals surface area contributed by atoms with E-state index in [1.807, 2.05) is 30.3 Å². The normalized spacial score (nSPS) is 10.5. The number of para-hydroxylation sites is 1. The predicted molar refractivity (Wildman–Crippen MR) is 77.9 cm³/mol. The van der Waals surface area contributed by atoms with E-state index >= 15 is 0 Å². The van der Waals surface area contributed by atoms with Gasteiger partial charge in [0.2, 0.25) is 0 Å². The summed E-state index contributed by atoms with van der Waals surface area (Å²) in [4.78, 5) is 14.0. The Morgan fingerprint density at radius 3 is 2.81 bits per heavy atom. The van der Waals surface area contributed by atoms with Gasteiger partial charge in [-0.1, -0.05) is 18.2 Å². The SMILES string of the molecule is CN(Cc1cn[nH]c1)C(=O)c1cnn(-c2ccccc2)c1. The maximum absolute atomic E-state index is 12.4. The molecule has 2 aromatic heterocycles. The highest BCUT2D eigenvalue weighted by Crippen LogP contribution is 2.10. The van der Waals surface area contributed by atoms with Crippen molar-refractivity contribution in [3.05, 3.63) is 66.2 Å². The van der Waals surface area contributed by atoms with E-state index in [9.17, 15) is 4.79 Å². The molecule has 3 rings (SSSR count). The lowest BCUT2D eigenvalue weighted by Crippen LogP contribution is -2.25. The summed E-state index contributed by atoms with van der Waals surface area (Å²) in [6.45, 7) is 0.506. The standard InChI is InChI=1S/C15H15N5O/c1-19(10-12-7-16-17-8-12)15(21)13-9-18-20(11-13)14-5-3-2-4-6-14/h2-9,11H,10H2,1H3,(H,16,17). The van der Waals surface area contributed by atoms with Gasteiger partial charge in [-0.25, -0.2) is 4.68 Å². The van der Waals surface area contributed by atoms with Crippen LogP contribution in [0.25, 0.3) is 5.69 Å². The Kier molecular flexibility index (Phi) is 3.51. The molecule has 1 aromatic carbocycles. The number of hydrogen-bond donors (Lipinski definition) is 1. The molecule has 6 nitrogen and oxygen atoms in total. The fourth-order valence-electron chi connectivity index (χ4n) is 2.09. The van der Waals surface area contributed by atoms with E-state index < -0.39 is 0 Å². The Hall–Kier alpha value is -2.89. The maximum atomic E-state index is 12.4. The van der Waals surface area contributed by atoms with Crippen LogP contribution in [-0.4, -0.2) is 37.8 Å². The first-order valence-corrected chi connectivity index (χ1v) is 6.57. The molecule has 6 heteroatoms. The van der Waals surface area contributed by atoms with Gasteiger partial charge in [0.1, 0.15) is 0 Å². The molecule has 0 aliphatic rings. The van der Waals surface area contributed by atoms with Crippen molar-refractivity contribution in [1.29, 1.82) is 0 Å². The zero-order chi connectivity index (χ0) is 14.7. The van der Waals surface area contributed by atoms with Gasteiger partial charge in [-0.05, 0) is 12.1 Å². The zero-order valence-corrected chi connectivity index (χ0v) is 11.6. The van der Waals surface area contributed by atoms with Gasteiger partial charge in [-0.15, -0.1) is 0 Å². The minimum atomic E-state index is -0.0709. The Morgan fingerprint density at radius 1 is 1.29 bits per heavy atom. The first-order valence-electron chi connectivity index (χ1n) is 6.57. The molecule has 0 spiro atoms. The van der Waals surface area contributed by atoms with Crippen LogP contribution in [0.1, 0.15) is 15.9 Å². The van der Waals surface area contributed by atoms with Crippen molar-refractivity contribution in [2.45, 2.75) is 6.54 Å². The van der Waals surface area contributed by atoms with Crippen LogP contribution in [0.4, 0.5) is 0 Å². The van der Waals surface area contributed by atoms with Gasteiger partial charge in [0, 0.05) is 31.5 Å². The highest BCUT2D eigenvalue weighted by Gasteiger charge is 2.14. The first-order chi connectivity index (χ1) is 10.2. The van der Waals surface area contributed by atoms with Crippen molar-refractivity contribution < 1.29 is 4.79 Å². The van der Waals surface area contributed by atoms with Gasteiger partial charge in [0.15, 0.2) is 0 Å². The fraction of sp³-hybridized carbons (Fsp3) is 0.133. The summed E-state index contributed by atoms with van der Waals surface area (Å²) in [5, 5.41) is 10.8. The summed E-state index contributed by atoms with van der Waals surface area (Å²) in [5.41, 5.74) is 2.44. The second-order valence-electron chi connectivity index (χ2n) is 4.78. The minimum absolute atomic E-state index is 0.0709. The first kappa shape index (κ1) is 13.1. The highest BCUT2D eigenvalue weighted by molar-refractivity contribution is 5.93. The summed E-state index contributed by atoms with van der Waals surface area (Å²) in [7, 11) is 1.76.